The fraction of sp³-hybridized carbons (Fsp3) is 0.250. The van der Waals surface area contributed by atoms with Crippen LogP contribution < -0.4 is 5.32 Å². The molecule has 2 aromatic rings. The molecule has 0 aliphatic carbocycles. The molecule has 2 rings (SSSR count). The number of carboxylic acid groups (broad SMARTS) is 1. The van der Waals surface area contributed by atoms with Gasteiger partial charge < -0.3 is 15.2 Å². The molecule has 6 nitrogen and oxygen atoms in total. The maximum Gasteiger partial charge on any atom is 0.329 e. The molecule has 20 heavy (non-hydrogen) atoms. The molecule has 1 aromatic carbocycles. The molecule has 1 heterocycles. The molecule has 0 saturated carbocycles. The van der Waals surface area contributed by atoms with Gasteiger partial charge in [-0.3, -0.25) is 4.79 Å². The van der Waals surface area contributed by atoms with Gasteiger partial charge in [-0.2, -0.15) is 0 Å². The predicted octanol–water partition coefficient (Wildman–Crippen LogP) is 2.06. The van der Waals surface area contributed by atoms with E-state index in [-0.39, 0.29) is 12.5 Å². The third kappa shape index (κ3) is 3.92. The zero-order valence-corrected chi connectivity index (χ0v) is 12.2. The van der Waals surface area contributed by atoms with Crippen LogP contribution in [0.15, 0.2) is 22.5 Å². The van der Waals surface area contributed by atoms with Gasteiger partial charge in [-0.25, -0.2) is 9.78 Å². The van der Waals surface area contributed by atoms with E-state index in [1.54, 1.807) is 29.2 Å². The Labute approximate surface area is 123 Å². The Morgan fingerprint density at radius 3 is 2.95 bits per heavy atom. The lowest BCUT2D eigenvalue weighted by molar-refractivity contribution is -0.143. The molecule has 0 bridgehead atoms. The van der Waals surface area contributed by atoms with Crippen LogP contribution in [-0.2, 0) is 14.3 Å². The van der Waals surface area contributed by atoms with Crippen LogP contribution >= 0.6 is 23.1 Å². The zero-order chi connectivity index (χ0) is 14.5. The van der Waals surface area contributed by atoms with Gasteiger partial charge in [0.15, 0.2) is 4.34 Å². The molecule has 0 saturated heterocycles. The summed E-state index contributed by atoms with van der Waals surface area (Å²) in [7, 11) is 0. The summed E-state index contributed by atoms with van der Waals surface area (Å²) in [6.45, 7) is -0.776. The van der Waals surface area contributed by atoms with Gasteiger partial charge in [-0.05, 0) is 24.5 Å². The molecule has 0 aliphatic rings. The molecule has 0 unspecified atom stereocenters. The fourth-order valence-electron chi connectivity index (χ4n) is 1.50. The molecule has 0 radical (unpaired) electrons. The topological polar surface area (TPSA) is 88.5 Å². The molecule has 0 spiro atoms. The van der Waals surface area contributed by atoms with E-state index in [4.69, 9.17) is 9.84 Å². The first-order valence-electron chi connectivity index (χ1n) is 5.62. The SMILES string of the molecule is CSc1nc2ccc(NC(=O)COCC(=O)O)cc2s1. The number of nitrogens with zero attached hydrogens (tertiary/aromatic N) is 1. The molecule has 2 N–H and O–H groups in total. The zero-order valence-electron chi connectivity index (χ0n) is 10.6. The molecule has 0 atom stereocenters. The fourth-order valence-corrected chi connectivity index (χ4v) is 3.03. The van der Waals surface area contributed by atoms with E-state index >= 15 is 0 Å². The van der Waals surface area contributed by atoms with Crippen LogP contribution in [0.25, 0.3) is 10.2 Å². The van der Waals surface area contributed by atoms with E-state index in [9.17, 15) is 9.59 Å². The molecular weight excluding hydrogens is 300 g/mol. The molecule has 8 heteroatoms. The number of anilines is 1. The van der Waals surface area contributed by atoms with Crippen molar-refractivity contribution >= 4 is 50.9 Å². The van der Waals surface area contributed by atoms with E-state index in [1.807, 2.05) is 18.4 Å². The second-order valence-corrected chi connectivity index (χ2v) is 5.89. The normalized spacial score (nSPS) is 10.7. The van der Waals surface area contributed by atoms with Gasteiger partial charge in [0.2, 0.25) is 5.91 Å². The standard InChI is InChI=1S/C12H12N2O4S2/c1-19-12-14-8-3-2-7(4-9(8)20-12)13-10(15)5-18-6-11(16)17/h2-4H,5-6H2,1H3,(H,13,15)(H,16,17). The second-order valence-electron chi connectivity index (χ2n) is 3.80. The van der Waals surface area contributed by atoms with E-state index in [0.717, 1.165) is 14.6 Å². The Kier molecular flexibility index (Phi) is 4.94. The van der Waals surface area contributed by atoms with Crippen molar-refractivity contribution in [2.24, 2.45) is 0 Å². The minimum absolute atomic E-state index is 0.289. The number of aromatic nitrogens is 1. The average Bonchev–Trinajstić information content (AvgIpc) is 2.80. The van der Waals surface area contributed by atoms with E-state index in [1.165, 1.54) is 0 Å². The lowest BCUT2D eigenvalue weighted by Crippen LogP contribution is -2.20. The van der Waals surface area contributed by atoms with Crippen LogP contribution in [0, 0.1) is 0 Å². The number of carbonyl (C=O) groups is 2. The van der Waals surface area contributed by atoms with Crippen molar-refractivity contribution < 1.29 is 19.4 Å². The third-order valence-electron chi connectivity index (χ3n) is 2.29. The number of nitrogens with one attached hydrogen (secondary N) is 1. The summed E-state index contributed by atoms with van der Waals surface area (Å²) in [6, 6.07) is 5.42. The lowest BCUT2D eigenvalue weighted by Gasteiger charge is -2.04. The number of hydrogen-bond acceptors (Lipinski definition) is 6. The summed E-state index contributed by atoms with van der Waals surface area (Å²) >= 11 is 3.12. The minimum atomic E-state index is -1.10. The highest BCUT2D eigenvalue weighted by Crippen LogP contribution is 2.29. The summed E-state index contributed by atoms with van der Waals surface area (Å²) in [4.78, 5) is 26.2. The molecule has 0 fully saturated rings. The van der Waals surface area contributed by atoms with Gasteiger partial charge in [0.1, 0.15) is 13.2 Å². The highest BCUT2D eigenvalue weighted by atomic mass is 32.2. The van der Waals surface area contributed by atoms with Crippen LogP contribution in [0.4, 0.5) is 5.69 Å². The van der Waals surface area contributed by atoms with E-state index < -0.39 is 12.6 Å². The molecule has 106 valence electrons. The smallest absolute Gasteiger partial charge is 0.329 e. The Morgan fingerprint density at radius 2 is 2.25 bits per heavy atom. The Balaban J connectivity index is 1.98. The number of thiazole rings is 1. The lowest BCUT2D eigenvalue weighted by atomic mass is 10.3. The summed E-state index contributed by atoms with van der Waals surface area (Å²) in [5.74, 6) is -1.49. The van der Waals surface area contributed by atoms with E-state index in [2.05, 4.69) is 10.3 Å². The summed E-state index contributed by atoms with van der Waals surface area (Å²) in [5.41, 5.74) is 1.53. The maximum absolute atomic E-state index is 11.5. The summed E-state index contributed by atoms with van der Waals surface area (Å²) < 4.78 is 6.66. The van der Waals surface area contributed by atoms with Crippen LogP contribution in [0.3, 0.4) is 0 Å². The Morgan fingerprint density at radius 1 is 1.45 bits per heavy atom. The maximum atomic E-state index is 11.5. The highest BCUT2D eigenvalue weighted by molar-refractivity contribution is 8.00. The molecule has 0 aliphatic heterocycles. The van der Waals surface area contributed by atoms with Gasteiger partial charge in [0, 0.05) is 5.69 Å². The number of amides is 1. The van der Waals surface area contributed by atoms with Gasteiger partial charge in [0.05, 0.1) is 10.2 Å². The van der Waals surface area contributed by atoms with Gasteiger partial charge in [-0.15, -0.1) is 11.3 Å². The first-order valence-corrected chi connectivity index (χ1v) is 7.66. The van der Waals surface area contributed by atoms with Crippen LogP contribution in [0.2, 0.25) is 0 Å². The van der Waals surface area contributed by atoms with Crippen LogP contribution in [-0.4, -0.2) is 41.4 Å². The number of aliphatic carboxylic acids is 1. The predicted molar refractivity (Wildman–Crippen MR) is 78.5 cm³/mol. The van der Waals surface area contributed by atoms with Gasteiger partial charge in [-0.1, -0.05) is 11.8 Å². The quantitative estimate of drug-likeness (QED) is 0.794. The Bertz CT molecular complexity index is 641. The molecule has 1 amide bonds. The molecule has 1 aromatic heterocycles. The van der Waals surface area contributed by atoms with Crippen molar-refractivity contribution in [3.8, 4) is 0 Å². The highest BCUT2D eigenvalue weighted by Gasteiger charge is 2.07. The minimum Gasteiger partial charge on any atom is -0.480 e. The van der Waals surface area contributed by atoms with Gasteiger partial charge in [0.25, 0.3) is 0 Å². The first-order chi connectivity index (χ1) is 9.58. The van der Waals surface area contributed by atoms with Crippen molar-refractivity contribution in [3.63, 3.8) is 0 Å². The number of ether oxygens (including phenoxy) is 1. The number of rotatable bonds is 6. The van der Waals surface area contributed by atoms with Crippen molar-refractivity contribution in [3.05, 3.63) is 18.2 Å². The van der Waals surface area contributed by atoms with Gasteiger partial charge >= 0.3 is 5.97 Å². The number of hydrogen-bond donors (Lipinski definition) is 2. The van der Waals surface area contributed by atoms with Crippen LogP contribution in [0.5, 0.6) is 0 Å². The van der Waals surface area contributed by atoms with Crippen LogP contribution in [0.1, 0.15) is 0 Å². The summed E-state index contributed by atoms with van der Waals surface area (Å²) in [6.07, 6.45) is 1.96. The van der Waals surface area contributed by atoms with Crippen molar-refractivity contribution in [2.75, 3.05) is 24.8 Å². The number of carbonyl (C=O) groups excluding carboxylic acids is 1. The van der Waals surface area contributed by atoms with Crippen molar-refractivity contribution in [2.45, 2.75) is 4.34 Å². The number of carboxylic acids is 1. The van der Waals surface area contributed by atoms with Crippen molar-refractivity contribution in [1.29, 1.82) is 0 Å². The van der Waals surface area contributed by atoms with E-state index in [0.29, 0.717) is 5.69 Å². The number of fused-ring (bicyclic) bond motifs is 1. The largest absolute Gasteiger partial charge is 0.480 e. The number of benzene rings is 1. The monoisotopic (exact) mass is 312 g/mol. The first kappa shape index (κ1) is 14.8. The second kappa shape index (κ2) is 6.69. The number of thioether (sulfide) groups is 1. The average molecular weight is 312 g/mol. The Hall–Kier alpha value is -1.64. The third-order valence-corrected chi connectivity index (χ3v) is 4.29. The van der Waals surface area contributed by atoms with Crippen molar-refractivity contribution in [1.82, 2.24) is 4.98 Å². The summed E-state index contributed by atoms with van der Waals surface area (Å²) in [5, 5.41) is 11.0. The molecular formula is C12H12N2O4S2.